The second-order valence-electron chi connectivity index (χ2n) is 6.85. The lowest BCUT2D eigenvalue weighted by Gasteiger charge is -2.20. The van der Waals surface area contributed by atoms with E-state index in [9.17, 15) is 13.2 Å². The van der Waals surface area contributed by atoms with Gasteiger partial charge in [0.1, 0.15) is 9.84 Å². The van der Waals surface area contributed by atoms with E-state index in [1.807, 2.05) is 13.8 Å². The summed E-state index contributed by atoms with van der Waals surface area (Å²) in [6.07, 6.45) is 7.31. The van der Waals surface area contributed by atoms with Gasteiger partial charge in [-0.15, -0.1) is 0 Å². The summed E-state index contributed by atoms with van der Waals surface area (Å²) in [7, 11) is -2.96. The van der Waals surface area contributed by atoms with Crippen molar-refractivity contribution in [1.29, 1.82) is 0 Å². The molecule has 146 valence electrons. The Morgan fingerprint density at radius 3 is 2.48 bits per heavy atom. The molecule has 0 heterocycles. The Kier molecular flexibility index (Phi) is 9.85. The number of carbonyl (C=O) groups is 1. The fourth-order valence-electron chi connectivity index (χ4n) is 2.87. The number of rotatable bonds is 9. The average Bonchev–Trinajstić information content (AvgIpc) is 2.57. The van der Waals surface area contributed by atoms with Crippen LogP contribution in [0.3, 0.4) is 0 Å². The van der Waals surface area contributed by atoms with Crippen LogP contribution in [0.15, 0.2) is 4.99 Å². The number of sulfone groups is 1. The van der Waals surface area contributed by atoms with Crippen LogP contribution in [-0.4, -0.2) is 58.0 Å². The van der Waals surface area contributed by atoms with Crippen LogP contribution in [0.1, 0.15) is 52.4 Å². The molecule has 0 aromatic heterocycles. The van der Waals surface area contributed by atoms with Crippen LogP contribution in [-0.2, 0) is 14.6 Å². The fourth-order valence-corrected chi connectivity index (χ4v) is 3.65. The van der Waals surface area contributed by atoms with Crippen LogP contribution < -0.4 is 16.0 Å². The van der Waals surface area contributed by atoms with Gasteiger partial charge in [0.15, 0.2) is 5.96 Å². The predicted molar refractivity (Wildman–Crippen MR) is 102 cm³/mol. The van der Waals surface area contributed by atoms with Crippen LogP contribution in [0.2, 0.25) is 0 Å². The van der Waals surface area contributed by atoms with Crippen molar-refractivity contribution in [3.8, 4) is 0 Å². The smallest absolute Gasteiger partial charge is 0.223 e. The molecule has 1 aliphatic rings. The molecule has 1 aliphatic carbocycles. The minimum Gasteiger partial charge on any atom is -0.357 e. The molecule has 25 heavy (non-hydrogen) atoms. The molecule has 1 fully saturated rings. The van der Waals surface area contributed by atoms with E-state index in [-0.39, 0.29) is 23.6 Å². The van der Waals surface area contributed by atoms with Crippen LogP contribution in [0.4, 0.5) is 0 Å². The molecule has 1 unspecified atom stereocenters. The number of amides is 1. The van der Waals surface area contributed by atoms with Crippen LogP contribution in [0.5, 0.6) is 0 Å². The molecule has 8 heteroatoms. The van der Waals surface area contributed by atoms with Crippen molar-refractivity contribution < 1.29 is 13.2 Å². The largest absolute Gasteiger partial charge is 0.357 e. The van der Waals surface area contributed by atoms with E-state index in [0.717, 1.165) is 32.2 Å². The quantitative estimate of drug-likeness (QED) is 0.318. The van der Waals surface area contributed by atoms with Crippen molar-refractivity contribution in [2.75, 3.05) is 31.6 Å². The molecule has 0 bridgehead atoms. The SMILES string of the molecule is CCNC(=NCCNC(=O)C1CCCCC1)NC(C)CCS(C)(=O)=O. The lowest BCUT2D eigenvalue weighted by molar-refractivity contribution is -0.125. The standard InChI is InChI=1S/C17H34N4O3S/c1-4-18-17(21-14(2)10-13-25(3,23)24)20-12-11-19-16(22)15-8-6-5-7-9-15/h14-15H,4-13H2,1-3H3,(H,19,22)(H2,18,20,21). The summed E-state index contributed by atoms with van der Waals surface area (Å²) in [5, 5.41) is 9.31. The maximum Gasteiger partial charge on any atom is 0.223 e. The summed E-state index contributed by atoms with van der Waals surface area (Å²) in [4.78, 5) is 16.5. The maximum absolute atomic E-state index is 12.1. The predicted octanol–water partition coefficient (Wildman–Crippen LogP) is 1.06. The summed E-state index contributed by atoms with van der Waals surface area (Å²) in [5.41, 5.74) is 0. The van der Waals surface area contributed by atoms with E-state index < -0.39 is 9.84 Å². The summed E-state index contributed by atoms with van der Waals surface area (Å²) in [6.45, 7) is 5.64. The first-order valence-corrected chi connectivity index (χ1v) is 11.4. The number of nitrogens with zero attached hydrogens (tertiary/aromatic N) is 1. The first-order valence-electron chi connectivity index (χ1n) is 9.32. The maximum atomic E-state index is 12.1. The first kappa shape index (κ1) is 21.7. The third-order valence-corrected chi connectivity index (χ3v) is 5.28. The second kappa shape index (κ2) is 11.3. The van der Waals surface area contributed by atoms with Crippen molar-refractivity contribution in [3.05, 3.63) is 0 Å². The van der Waals surface area contributed by atoms with Crippen molar-refractivity contribution in [1.82, 2.24) is 16.0 Å². The van der Waals surface area contributed by atoms with Gasteiger partial charge in [0, 0.05) is 31.3 Å². The third kappa shape index (κ3) is 10.3. The number of hydrogen-bond acceptors (Lipinski definition) is 4. The zero-order valence-corrected chi connectivity index (χ0v) is 16.6. The van der Waals surface area contributed by atoms with Crippen LogP contribution in [0, 0.1) is 5.92 Å². The number of hydrogen-bond donors (Lipinski definition) is 3. The highest BCUT2D eigenvalue weighted by Crippen LogP contribution is 2.23. The van der Waals surface area contributed by atoms with E-state index in [0.29, 0.717) is 25.5 Å². The molecule has 1 rings (SSSR count). The van der Waals surface area contributed by atoms with Gasteiger partial charge in [0.05, 0.1) is 12.3 Å². The molecular formula is C17H34N4O3S. The molecule has 3 N–H and O–H groups in total. The topological polar surface area (TPSA) is 99.7 Å². The van der Waals surface area contributed by atoms with E-state index in [4.69, 9.17) is 0 Å². The monoisotopic (exact) mass is 374 g/mol. The molecule has 0 aromatic rings. The molecule has 0 saturated heterocycles. The Labute approximate surface area is 152 Å². The Bertz CT molecular complexity index is 528. The zero-order chi connectivity index (χ0) is 18.7. The highest BCUT2D eigenvalue weighted by atomic mass is 32.2. The minimum absolute atomic E-state index is 0.00403. The average molecular weight is 375 g/mol. The number of nitrogens with one attached hydrogen (secondary N) is 3. The Balaban J connectivity index is 2.34. The second-order valence-corrected chi connectivity index (χ2v) is 9.11. The zero-order valence-electron chi connectivity index (χ0n) is 15.8. The van der Waals surface area contributed by atoms with E-state index >= 15 is 0 Å². The lowest BCUT2D eigenvalue weighted by Crippen LogP contribution is -2.43. The third-order valence-electron chi connectivity index (χ3n) is 4.31. The van der Waals surface area contributed by atoms with Gasteiger partial charge < -0.3 is 16.0 Å². The summed E-state index contributed by atoms with van der Waals surface area (Å²) in [5.74, 6) is 1.11. The van der Waals surface area contributed by atoms with E-state index in [2.05, 4.69) is 20.9 Å². The molecule has 1 saturated carbocycles. The van der Waals surface area contributed by atoms with Crippen molar-refractivity contribution in [3.63, 3.8) is 0 Å². The fraction of sp³-hybridized carbons (Fsp3) is 0.882. The van der Waals surface area contributed by atoms with E-state index in [1.54, 1.807) is 0 Å². The van der Waals surface area contributed by atoms with Gasteiger partial charge in [-0.3, -0.25) is 9.79 Å². The lowest BCUT2D eigenvalue weighted by atomic mass is 9.89. The van der Waals surface area contributed by atoms with Crippen molar-refractivity contribution in [2.45, 2.75) is 58.4 Å². The van der Waals surface area contributed by atoms with Gasteiger partial charge >= 0.3 is 0 Å². The van der Waals surface area contributed by atoms with Gasteiger partial charge in [-0.1, -0.05) is 19.3 Å². The first-order chi connectivity index (χ1) is 11.8. The number of aliphatic imine (C=N–C) groups is 1. The van der Waals surface area contributed by atoms with Gasteiger partial charge in [-0.2, -0.15) is 0 Å². The van der Waals surface area contributed by atoms with Gasteiger partial charge in [-0.05, 0) is 33.1 Å². The molecule has 0 aliphatic heterocycles. The van der Waals surface area contributed by atoms with Crippen molar-refractivity contribution in [2.24, 2.45) is 10.9 Å². The minimum atomic E-state index is -2.96. The molecule has 1 amide bonds. The van der Waals surface area contributed by atoms with Crippen LogP contribution >= 0.6 is 0 Å². The number of carbonyl (C=O) groups excluding carboxylic acids is 1. The summed E-state index contributed by atoms with van der Waals surface area (Å²) >= 11 is 0. The van der Waals surface area contributed by atoms with Gasteiger partial charge in [0.25, 0.3) is 0 Å². The number of guanidine groups is 1. The highest BCUT2D eigenvalue weighted by molar-refractivity contribution is 7.90. The molecule has 1 atom stereocenters. The molecular weight excluding hydrogens is 340 g/mol. The Morgan fingerprint density at radius 2 is 1.88 bits per heavy atom. The molecule has 0 spiro atoms. The summed E-state index contributed by atoms with van der Waals surface area (Å²) < 4.78 is 22.5. The Hall–Kier alpha value is -1.31. The van der Waals surface area contributed by atoms with Gasteiger partial charge in [0.2, 0.25) is 5.91 Å². The van der Waals surface area contributed by atoms with Crippen molar-refractivity contribution >= 4 is 21.7 Å². The molecule has 0 aromatic carbocycles. The molecule has 7 nitrogen and oxygen atoms in total. The highest BCUT2D eigenvalue weighted by Gasteiger charge is 2.20. The molecule has 0 radical (unpaired) electrons. The van der Waals surface area contributed by atoms with Crippen LogP contribution in [0.25, 0.3) is 0 Å². The van der Waals surface area contributed by atoms with Gasteiger partial charge in [-0.25, -0.2) is 8.42 Å². The Morgan fingerprint density at radius 1 is 1.20 bits per heavy atom. The van der Waals surface area contributed by atoms with E-state index in [1.165, 1.54) is 12.7 Å². The summed E-state index contributed by atoms with van der Waals surface area (Å²) in [6, 6.07) is 0.00403. The normalized spacial score (nSPS) is 17.8.